The van der Waals surface area contributed by atoms with Crippen molar-refractivity contribution in [3.63, 3.8) is 0 Å². The van der Waals surface area contributed by atoms with Gasteiger partial charge in [0.15, 0.2) is 0 Å². The lowest BCUT2D eigenvalue weighted by atomic mass is 10.1. The topological polar surface area (TPSA) is 27.6 Å². The molecule has 1 heterocycles. The van der Waals surface area contributed by atoms with Crippen molar-refractivity contribution in [3.8, 4) is 0 Å². The number of rotatable bonds is 4. The van der Waals surface area contributed by atoms with E-state index in [1.807, 2.05) is 6.34 Å². The van der Waals surface area contributed by atoms with E-state index in [2.05, 4.69) is 43.1 Å². The third-order valence-corrected chi connectivity index (χ3v) is 2.10. The zero-order valence-corrected chi connectivity index (χ0v) is 9.12. The van der Waals surface area contributed by atoms with Crippen molar-refractivity contribution in [1.29, 1.82) is 0 Å². The summed E-state index contributed by atoms with van der Waals surface area (Å²) >= 11 is 0. The highest BCUT2D eigenvalue weighted by molar-refractivity contribution is 5.56. The zero-order chi connectivity index (χ0) is 9.84. The Bertz CT molecular complexity index is 175. The van der Waals surface area contributed by atoms with Crippen LogP contribution in [0.2, 0.25) is 0 Å². The molecule has 0 saturated heterocycles. The van der Waals surface area contributed by atoms with Crippen LogP contribution in [0.1, 0.15) is 34.1 Å². The van der Waals surface area contributed by atoms with E-state index in [1.54, 1.807) is 0 Å². The summed E-state index contributed by atoms with van der Waals surface area (Å²) in [5, 5.41) is 4.10. The molecular weight excluding hydrogens is 162 g/mol. The van der Waals surface area contributed by atoms with E-state index < -0.39 is 0 Å². The maximum atomic E-state index is 4.10. The van der Waals surface area contributed by atoms with Crippen LogP contribution in [0, 0.1) is 11.8 Å². The maximum absolute atomic E-state index is 4.10. The van der Waals surface area contributed by atoms with Crippen molar-refractivity contribution in [1.82, 2.24) is 10.3 Å². The van der Waals surface area contributed by atoms with Crippen LogP contribution in [0.5, 0.6) is 0 Å². The number of hydrazone groups is 1. The predicted octanol–water partition coefficient (Wildman–Crippen LogP) is 1.86. The molecule has 0 aliphatic carbocycles. The molecule has 76 valence electrons. The van der Waals surface area contributed by atoms with Gasteiger partial charge in [0.1, 0.15) is 12.5 Å². The standard InChI is InChI=1S/C10H21N3/c1-8(2)5-10-12-11-7-13(10)6-9(3)4/h7-10,12H,5-6H2,1-4H3. The lowest BCUT2D eigenvalue weighted by Gasteiger charge is -2.26. The average Bonchev–Trinajstić information content (AvgIpc) is 2.34. The first-order chi connectivity index (χ1) is 6.09. The lowest BCUT2D eigenvalue weighted by Crippen LogP contribution is -2.39. The van der Waals surface area contributed by atoms with Crippen LogP contribution in [0.25, 0.3) is 0 Å². The van der Waals surface area contributed by atoms with Gasteiger partial charge in [-0.15, -0.1) is 0 Å². The Labute approximate surface area is 81.2 Å². The number of hydrogen-bond acceptors (Lipinski definition) is 3. The van der Waals surface area contributed by atoms with Gasteiger partial charge in [0, 0.05) is 6.54 Å². The van der Waals surface area contributed by atoms with Gasteiger partial charge in [0.25, 0.3) is 0 Å². The van der Waals surface area contributed by atoms with Crippen LogP contribution < -0.4 is 5.43 Å². The van der Waals surface area contributed by atoms with E-state index in [0.29, 0.717) is 18.0 Å². The van der Waals surface area contributed by atoms with E-state index >= 15 is 0 Å². The molecule has 0 aromatic heterocycles. The van der Waals surface area contributed by atoms with Gasteiger partial charge in [-0.25, -0.2) is 0 Å². The molecule has 0 bridgehead atoms. The summed E-state index contributed by atoms with van der Waals surface area (Å²) in [4.78, 5) is 2.30. The highest BCUT2D eigenvalue weighted by atomic mass is 15.5. The van der Waals surface area contributed by atoms with Crippen LogP contribution in [0.4, 0.5) is 0 Å². The predicted molar refractivity (Wildman–Crippen MR) is 56.4 cm³/mol. The fourth-order valence-electron chi connectivity index (χ4n) is 1.58. The van der Waals surface area contributed by atoms with E-state index in [-0.39, 0.29) is 0 Å². The van der Waals surface area contributed by atoms with Crippen LogP contribution in [0.15, 0.2) is 5.10 Å². The van der Waals surface area contributed by atoms with Crippen molar-refractivity contribution < 1.29 is 0 Å². The number of nitrogens with zero attached hydrogens (tertiary/aromatic N) is 2. The molecule has 3 nitrogen and oxygen atoms in total. The molecule has 1 unspecified atom stereocenters. The molecule has 1 aliphatic rings. The SMILES string of the molecule is CC(C)CC1NN=CN1CC(C)C. The lowest BCUT2D eigenvalue weighted by molar-refractivity contribution is 0.243. The molecule has 1 aliphatic heterocycles. The monoisotopic (exact) mass is 183 g/mol. The fourth-order valence-corrected chi connectivity index (χ4v) is 1.58. The second kappa shape index (κ2) is 4.49. The Morgan fingerprint density at radius 3 is 2.54 bits per heavy atom. The Kier molecular flexibility index (Phi) is 3.58. The third kappa shape index (κ3) is 3.25. The second-order valence-electron chi connectivity index (χ2n) is 4.61. The molecule has 1 rings (SSSR count). The molecule has 0 aromatic rings. The van der Waals surface area contributed by atoms with Crippen molar-refractivity contribution in [2.75, 3.05) is 6.54 Å². The van der Waals surface area contributed by atoms with Crippen LogP contribution in [-0.4, -0.2) is 23.9 Å². The zero-order valence-electron chi connectivity index (χ0n) is 9.12. The van der Waals surface area contributed by atoms with Gasteiger partial charge >= 0.3 is 0 Å². The van der Waals surface area contributed by atoms with E-state index in [9.17, 15) is 0 Å². The molecule has 0 fully saturated rings. The molecular formula is C10H21N3. The Morgan fingerprint density at radius 1 is 1.31 bits per heavy atom. The normalized spacial score (nSPS) is 21.7. The van der Waals surface area contributed by atoms with Crippen molar-refractivity contribution in [2.24, 2.45) is 16.9 Å². The van der Waals surface area contributed by atoms with Gasteiger partial charge in [-0.3, -0.25) is 5.43 Å². The molecule has 0 amide bonds. The molecule has 13 heavy (non-hydrogen) atoms. The summed E-state index contributed by atoms with van der Waals surface area (Å²) in [6.07, 6.45) is 3.50. The molecule has 3 heteroatoms. The minimum Gasteiger partial charge on any atom is -0.339 e. The van der Waals surface area contributed by atoms with Gasteiger partial charge in [-0.1, -0.05) is 27.7 Å². The van der Waals surface area contributed by atoms with Gasteiger partial charge in [-0.05, 0) is 18.3 Å². The van der Waals surface area contributed by atoms with E-state index in [0.717, 1.165) is 13.0 Å². The minimum absolute atomic E-state index is 0.419. The molecule has 1 atom stereocenters. The highest BCUT2D eigenvalue weighted by Crippen LogP contribution is 2.12. The third-order valence-electron chi connectivity index (χ3n) is 2.10. The summed E-state index contributed by atoms with van der Waals surface area (Å²) in [5.74, 6) is 1.41. The first-order valence-corrected chi connectivity index (χ1v) is 5.14. The first kappa shape index (κ1) is 10.4. The fraction of sp³-hybridized carbons (Fsp3) is 0.900. The second-order valence-corrected chi connectivity index (χ2v) is 4.61. The summed E-state index contributed by atoms with van der Waals surface area (Å²) < 4.78 is 0. The molecule has 0 saturated carbocycles. The smallest absolute Gasteiger partial charge is 0.116 e. The molecule has 0 radical (unpaired) electrons. The summed E-state index contributed by atoms with van der Waals surface area (Å²) in [7, 11) is 0. The summed E-state index contributed by atoms with van der Waals surface area (Å²) in [6, 6.07) is 0. The van der Waals surface area contributed by atoms with Crippen molar-refractivity contribution in [2.45, 2.75) is 40.3 Å². The first-order valence-electron chi connectivity index (χ1n) is 5.14. The van der Waals surface area contributed by atoms with Crippen molar-refractivity contribution >= 4 is 6.34 Å². The van der Waals surface area contributed by atoms with Gasteiger partial charge < -0.3 is 4.90 Å². The number of nitrogens with one attached hydrogen (secondary N) is 1. The molecule has 0 spiro atoms. The highest BCUT2D eigenvalue weighted by Gasteiger charge is 2.20. The largest absolute Gasteiger partial charge is 0.339 e. The minimum atomic E-state index is 0.419. The number of hydrogen-bond donors (Lipinski definition) is 1. The molecule has 1 N–H and O–H groups in total. The Morgan fingerprint density at radius 2 is 2.00 bits per heavy atom. The van der Waals surface area contributed by atoms with Gasteiger partial charge in [-0.2, -0.15) is 5.10 Å². The average molecular weight is 183 g/mol. The van der Waals surface area contributed by atoms with E-state index in [1.165, 1.54) is 0 Å². The quantitative estimate of drug-likeness (QED) is 0.720. The van der Waals surface area contributed by atoms with Gasteiger partial charge in [0.05, 0.1) is 0 Å². The van der Waals surface area contributed by atoms with Crippen LogP contribution in [0.3, 0.4) is 0 Å². The summed E-state index contributed by atoms with van der Waals surface area (Å²) in [5.41, 5.74) is 3.14. The Hall–Kier alpha value is -0.730. The maximum Gasteiger partial charge on any atom is 0.116 e. The molecule has 0 aromatic carbocycles. The Balaban J connectivity index is 2.38. The summed E-state index contributed by atoms with van der Waals surface area (Å²) in [6.45, 7) is 10.0. The van der Waals surface area contributed by atoms with Crippen LogP contribution in [-0.2, 0) is 0 Å². The van der Waals surface area contributed by atoms with Crippen molar-refractivity contribution in [3.05, 3.63) is 0 Å². The van der Waals surface area contributed by atoms with E-state index in [4.69, 9.17) is 0 Å². The van der Waals surface area contributed by atoms with Crippen LogP contribution >= 0.6 is 0 Å². The van der Waals surface area contributed by atoms with Gasteiger partial charge in [0.2, 0.25) is 0 Å².